The van der Waals surface area contributed by atoms with Crippen molar-refractivity contribution in [3.05, 3.63) is 71.6 Å². The number of thiophene rings is 1. The third-order valence-corrected chi connectivity index (χ3v) is 7.84. The summed E-state index contributed by atoms with van der Waals surface area (Å²) in [6, 6.07) is 19.6. The van der Waals surface area contributed by atoms with Crippen molar-refractivity contribution in [1.82, 2.24) is 9.97 Å². The van der Waals surface area contributed by atoms with Gasteiger partial charge in [0.15, 0.2) is 5.82 Å². The molecular weight excluding hydrogens is 416 g/mol. The zero-order valence-electron chi connectivity index (χ0n) is 16.2. The Balaban J connectivity index is 1.45. The first-order valence-electron chi connectivity index (χ1n) is 9.74. The number of hydrogen-bond donors (Lipinski definition) is 1. The molecule has 1 fully saturated rings. The molecule has 0 amide bonds. The Bertz CT molecular complexity index is 1300. The quantitative estimate of drug-likeness (QED) is 0.498. The molecule has 0 saturated carbocycles. The number of nitrogens with one attached hydrogen (secondary N) is 1. The van der Waals surface area contributed by atoms with Gasteiger partial charge in [0.2, 0.25) is 10.0 Å². The molecular formula is C22H20N4O2S2. The minimum absolute atomic E-state index is 0.216. The topological polar surface area (TPSA) is 75.2 Å². The van der Waals surface area contributed by atoms with Gasteiger partial charge in [-0.2, -0.15) is 0 Å². The summed E-state index contributed by atoms with van der Waals surface area (Å²) in [5, 5.41) is 6.40. The van der Waals surface area contributed by atoms with Crippen LogP contribution in [-0.4, -0.2) is 30.7 Å². The van der Waals surface area contributed by atoms with Gasteiger partial charge < -0.3 is 5.32 Å². The van der Waals surface area contributed by atoms with Crippen LogP contribution >= 0.6 is 11.3 Å². The Labute approximate surface area is 179 Å². The molecule has 3 heterocycles. The summed E-state index contributed by atoms with van der Waals surface area (Å²) in [5.41, 5.74) is 2.60. The highest BCUT2D eigenvalue weighted by Crippen LogP contribution is 2.28. The summed E-state index contributed by atoms with van der Waals surface area (Å²) in [7, 11) is -3.19. The highest BCUT2D eigenvalue weighted by atomic mass is 32.2. The van der Waals surface area contributed by atoms with E-state index in [1.54, 1.807) is 11.3 Å². The van der Waals surface area contributed by atoms with Crippen LogP contribution in [0.2, 0.25) is 0 Å². The fraction of sp³-hybridized carbons (Fsp3) is 0.182. The fourth-order valence-corrected chi connectivity index (χ4v) is 5.88. The van der Waals surface area contributed by atoms with E-state index < -0.39 is 10.0 Å². The molecule has 6 nitrogen and oxygen atoms in total. The zero-order valence-corrected chi connectivity index (χ0v) is 17.8. The molecule has 8 heteroatoms. The Morgan fingerprint density at radius 2 is 1.93 bits per heavy atom. The maximum Gasteiger partial charge on any atom is 0.235 e. The SMILES string of the molecule is O=S1(=O)CCCN1c1cccc(CNc2nc(-c3cccs3)nc3ccccc23)c1. The molecule has 2 aromatic heterocycles. The van der Waals surface area contributed by atoms with E-state index in [4.69, 9.17) is 9.97 Å². The molecule has 0 spiro atoms. The molecule has 0 unspecified atom stereocenters. The molecule has 0 radical (unpaired) electrons. The zero-order chi connectivity index (χ0) is 20.6. The van der Waals surface area contributed by atoms with Crippen molar-refractivity contribution in [3.8, 4) is 10.7 Å². The van der Waals surface area contributed by atoms with Gasteiger partial charge in [-0.25, -0.2) is 18.4 Å². The molecule has 152 valence electrons. The maximum atomic E-state index is 12.2. The van der Waals surface area contributed by atoms with E-state index in [1.165, 1.54) is 4.31 Å². The number of hydrogen-bond acceptors (Lipinski definition) is 6. The van der Waals surface area contributed by atoms with Gasteiger partial charge in [0, 0.05) is 18.5 Å². The number of benzene rings is 2. The summed E-state index contributed by atoms with van der Waals surface area (Å²) in [6.45, 7) is 1.08. The lowest BCUT2D eigenvalue weighted by molar-refractivity contribution is 0.599. The first-order chi connectivity index (χ1) is 14.6. The van der Waals surface area contributed by atoms with Crippen molar-refractivity contribution in [2.24, 2.45) is 0 Å². The van der Waals surface area contributed by atoms with E-state index >= 15 is 0 Å². The van der Waals surface area contributed by atoms with Gasteiger partial charge in [-0.05, 0) is 47.7 Å². The predicted octanol–water partition coefficient (Wildman–Crippen LogP) is 4.51. The van der Waals surface area contributed by atoms with Crippen LogP contribution in [0.4, 0.5) is 11.5 Å². The lowest BCUT2D eigenvalue weighted by atomic mass is 10.2. The van der Waals surface area contributed by atoms with Crippen molar-refractivity contribution >= 4 is 43.8 Å². The van der Waals surface area contributed by atoms with Crippen LogP contribution in [0.3, 0.4) is 0 Å². The monoisotopic (exact) mass is 436 g/mol. The van der Waals surface area contributed by atoms with Gasteiger partial charge in [-0.1, -0.05) is 30.3 Å². The molecule has 2 aromatic carbocycles. The van der Waals surface area contributed by atoms with E-state index in [0.717, 1.165) is 32.8 Å². The number of fused-ring (bicyclic) bond motifs is 1. The first kappa shape index (κ1) is 19.0. The van der Waals surface area contributed by atoms with Crippen LogP contribution in [0.5, 0.6) is 0 Å². The van der Waals surface area contributed by atoms with Crippen molar-refractivity contribution in [2.75, 3.05) is 21.9 Å². The Morgan fingerprint density at radius 1 is 1.03 bits per heavy atom. The lowest BCUT2D eigenvalue weighted by Gasteiger charge is -2.18. The number of rotatable bonds is 5. The predicted molar refractivity (Wildman–Crippen MR) is 122 cm³/mol. The van der Waals surface area contributed by atoms with Gasteiger partial charge in [0.1, 0.15) is 5.82 Å². The van der Waals surface area contributed by atoms with Crippen LogP contribution in [0.1, 0.15) is 12.0 Å². The van der Waals surface area contributed by atoms with E-state index in [9.17, 15) is 8.42 Å². The largest absolute Gasteiger partial charge is 0.365 e. The van der Waals surface area contributed by atoms with Crippen LogP contribution in [0.25, 0.3) is 21.6 Å². The molecule has 0 bridgehead atoms. The maximum absolute atomic E-state index is 12.2. The van der Waals surface area contributed by atoms with Gasteiger partial charge >= 0.3 is 0 Å². The molecule has 1 aliphatic rings. The van der Waals surface area contributed by atoms with Gasteiger partial charge in [-0.3, -0.25) is 4.31 Å². The molecule has 1 saturated heterocycles. The molecule has 1 aliphatic heterocycles. The normalized spacial score (nSPS) is 15.5. The highest BCUT2D eigenvalue weighted by molar-refractivity contribution is 7.93. The second-order valence-corrected chi connectivity index (χ2v) is 10.1. The summed E-state index contributed by atoms with van der Waals surface area (Å²) >= 11 is 1.61. The second-order valence-electron chi connectivity index (χ2n) is 7.16. The van der Waals surface area contributed by atoms with Crippen molar-refractivity contribution in [2.45, 2.75) is 13.0 Å². The van der Waals surface area contributed by atoms with Gasteiger partial charge in [-0.15, -0.1) is 11.3 Å². The van der Waals surface area contributed by atoms with E-state index in [-0.39, 0.29) is 5.75 Å². The van der Waals surface area contributed by atoms with E-state index in [2.05, 4.69) is 5.32 Å². The molecule has 0 aliphatic carbocycles. The lowest BCUT2D eigenvalue weighted by Crippen LogP contribution is -2.25. The van der Waals surface area contributed by atoms with Crippen molar-refractivity contribution in [3.63, 3.8) is 0 Å². The van der Waals surface area contributed by atoms with Crippen LogP contribution in [0, 0.1) is 0 Å². The molecule has 0 atom stereocenters. The number of nitrogens with zero attached hydrogens (tertiary/aromatic N) is 3. The van der Waals surface area contributed by atoms with E-state index in [1.807, 2.05) is 66.0 Å². The smallest absolute Gasteiger partial charge is 0.235 e. The Morgan fingerprint density at radius 3 is 2.73 bits per heavy atom. The minimum Gasteiger partial charge on any atom is -0.365 e. The second kappa shape index (κ2) is 7.70. The van der Waals surface area contributed by atoms with Crippen LogP contribution in [0.15, 0.2) is 66.0 Å². The van der Waals surface area contributed by atoms with Gasteiger partial charge in [0.25, 0.3) is 0 Å². The number of sulfonamides is 1. The number of para-hydroxylation sites is 1. The Kier molecular flexibility index (Phi) is 4.88. The molecule has 1 N–H and O–H groups in total. The molecule has 4 aromatic rings. The number of anilines is 2. The molecule has 5 rings (SSSR count). The summed E-state index contributed by atoms with van der Waals surface area (Å²) < 4.78 is 26.0. The third-order valence-electron chi connectivity index (χ3n) is 5.10. The summed E-state index contributed by atoms with van der Waals surface area (Å²) in [6.07, 6.45) is 0.670. The van der Waals surface area contributed by atoms with Crippen molar-refractivity contribution < 1.29 is 8.42 Å². The average molecular weight is 437 g/mol. The Hall–Kier alpha value is -2.97. The summed E-state index contributed by atoms with van der Waals surface area (Å²) in [5.74, 6) is 1.68. The average Bonchev–Trinajstić information content (AvgIpc) is 3.41. The third kappa shape index (κ3) is 3.64. The standard InChI is InChI=1S/C22H20N4O2S2/c27-30(28)13-5-11-26(30)17-7-3-6-16(14-17)15-23-21-18-8-1-2-9-19(18)24-22(25-21)20-10-4-12-29-20/h1-4,6-10,12,14H,5,11,13,15H2,(H,23,24,25). The first-order valence-corrected chi connectivity index (χ1v) is 12.2. The number of aromatic nitrogens is 2. The minimum atomic E-state index is -3.19. The summed E-state index contributed by atoms with van der Waals surface area (Å²) in [4.78, 5) is 10.5. The fourth-order valence-electron chi connectivity index (χ4n) is 3.66. The highest BCUT2D eigenvalue weighted by Gasteiger charge is 2.28. The van der Waals surface area contributed by atoms with Crippen LogP contribution < -0.4 is 9.62 Å². The van der Waals surface area contributed by atoms with Crippen molar-refractivity contribution in [1.29, 1.82) is 0 Å². The van der Waals surface area contributed by atoms with Crippen LogP contribution in [-0.2, 0) is 16.6 Å². The van der Waals surface area contributed by atoms with Gasteiger partial charge in [0.05, 0.1) is 21.8 Å². The molecule has 30 heavy (non-hydrogen) atoms. The van der Waals surface area contributed by atoms with E-state index in [0.29, 0.717) is 25.3 Å².